The Hall–Kier alpha value is -2.65. The third kappa shape index (κ3) is 3.94. The van der Waals surface area contributed by atoms with E-state index in [1.807, 2.05) is 7.05 Å². The van der Waals surface area contributed by atoms with Gasteiger partial charge < -0.3 is 19.7 Å². The number of hydrogen-bond acceptors (Lipinski definition) is 7. The Labute approximate surface area is 155 Å². The number of thiazole rings is 1. The van der Waals surface area contributed by atoms with Crippen molar-refractivity contribution in [3.8, 4) is 11.5 Å². The van der Waals surface area contributed by atoms with Crippen LogP contribution in [0.15, 0.2) is 18.2 Å². The summed E-state index contributed by atoms with van der Waals surface area (Å²) in [5.41, 5.74) is 1.34. The molecule has 0 bridgehead atoms. The summed E-state index contributed by atoms with van der Waals surface area (Å²) in [5, 5.41) is 5.54. The predicted octanol–water partition coefficient (Wildman–Crippen LogP) is 1.73. The molecule has 0 radical (unpaired) electrons. The maximum absolute atomic E-state index is 12.2. The number of likely N-dealkylation sites (N-methyl/N-ethyl adjacent to an activating group) is 1. The summed E-state index contributed by atoms with van der Waals surface area (Å²) >= 11 is 1.40. The number of fused-ring (bicyclic) bond motifs is 1. The molecule has 1 aliphatic heterocycles. The fraction of sp³-hybridized carbons (Fsp3) is 0.353. The lowest BCUT2D eigenvalue weighted by Gasteiger charge is -2.20. The maximum Gasteiger partial charge on any atom is 0.315 e. The van der Waals surface area contributed by atoms with Crippen LogP contribution in [0.3, 0.4) is 0 Å². The number of anilines is 2. The van der Waals surface area contributed by atoms with Crippen LogP contribution in [0, 0.1) is 0 Å². The van der Waals surface area contributed by atoms with Crippen LogP contribution in [0.2, 0.25) is 0 Å². The van der Waals surface area contributed by atoms with Crippen LogP contribution in [0.4, 0.5) is 10.8 Å². The minimum atomic E-state index is -0.804. The monoisotopic (exact) mass is 376 g/mol. The van der Waals surface area contributed by atoms with Gasteiger partial charge in [0.1, 0.15) is 11.5 Å². The Morgan fingerprint density at radius 3 is 2.69 bits per heavy atom. The van der Waals surface area contributed by atoms with Gasteiger partial charge in [-0.1, -0.05) is 0 Å². The Morgan fingerprint density at radius 1 is 1.19 bits per heavy atom. The molecule has 2 heterocycles. The summed E-state index contributed by atoms with van der Waals surface area (Å²) in [7, 11) is 5.03. The Balaban J connectivity index is 1.68. The van der Waals surface area contributed by atoms with Gasteiger partial charge >= 0.3 is 11.8 Å². The van der Waals surface area contributed by atoms with E-state index >= 15 is 0 Å². The fourth-order valence-electron chi connectivity index (χ4n) is 2.62. The number of nitrogens with zero attached hydrogens (tertiary/aromatic N) is 2. The highest BCUT2D eigenvalue weighted by Crippen LogP contribution is 2.29. The summed E-state index contributed by atoms with van der Waals surface area (Å²) < 4.78 is 10.3. The lowest BCUT2D eigenvalue weighted by Crippen LogP contribution is -2.29. The third-order valence-corrected chi connectivity index (χ3v) is 5.00. The minimum absolute atomic E-state index is 0.354. The summed E-state index contributed by atoms with van der Waals surface area (Å²) in [6.45, 7) is 1.73. The standard InChI is InChI=1S/C17H20N4O4S/c1-21-7-6-11-14(9-21)26-17(19-11)20-16(23)15(22)18-12-8-10(24-2)4-5-13(12)25-3/h4-5,8H,6-7,9H2,1-3H3,(H,18,22)(H,19,20,23). The molecular formula is C17H20N4O4S. The van der Waals surface area contributed by atoms with Crippen LogP contribution in [-0.2, 0) is 22.6 Å². The highest BCUT2D eigenvalue weighted by Gasteiger charge is 2.22. The van der Waals surface area contributed by atoms with E-state index in [1.165, 1.54) is 25.6 Å². The summed E-state index contributed by atoms with van der Waals surface area (Å²) in [4.78, 5) is 32.2. The van der Waals surface area contributed by atoms with Crippen LogP contribution in [0.25, 0.3) is 0 Å². The maximum atomic E-state index is 12.2. The molecule has 0 spiro atoms. The van der Waals surface area contributed by atoms with Crippen molar-refractivity contribution < 1.29 is 19.1 Å². The molecule has 0 saturated heterocycles. The number of ether oxygens (including phenoxy) is 2. The fourth-order valence-corrected chi connectivity index (χ4v) is 3.70. The van der Waals surface area contributed by atoms with Gasteiger partial charge in [-0.2, -0.15) is 0 Å². The molecule has 0 atom stereocenters. The predicted molar refractivity (Wildman–Crippen MR) is 99.0 cm³/mol. The Morgan fingerprint density at radius 2 is 1.96 bits per heavy atom. The second-order valence-corrected chi connectivity index (χ2v) is 6.93. The SMILES string of the molecule is COc1ccc(OC)c(NC(=O)C(=O)Nc2nc3c(s2)CN(C)CC3)c1. The van der Waals surface area contributed by atoms with E-state index < -0.39 is 11.8 Å². The Kier molecular flexibility index (Phi) is 5.38. The number of carbonyl (C=O) groups is 2. The molecule has 9 heteroatoms. The van der Waals surface area contributed by atoms with E-state index in [4.69, 9.17) is 9.47 Å². The molecule has 1 aromatic heterocycles. The van der Waals surface area contributed by atoms with E-state index in [0.29, 0.717) is 22.3 Å². The van der Waals surface area contributed by atoms with Gasteiger partial charge in [0.05, 0.1) is 25.6 Å². The molecular weight excluding hydrogens is 356 g/mol. The minimum Gasteiger partial charge on any atom is -0.497 e. The van der Waals surface area contributed by atoms with Crippen LogP contribution >= 0.6 is 11.3 Å². The van der Waals surface area contributed by atoms with Gasteiger partial charge in [-0.05, 0) is 19.2 Å². The first-order valence-corrected chi connectivity index (χ1v) is 8.83. The van der Waals surface area contributed by atoms with Crippen molar-refractivity contribution in [3.63, 3.8) is 0 Å². The number of aromatic nitrogens is 1. The zero-order valence-electron chi connectivity index (χ0n) is 14.8. The molecule has 0 unspecified atom stereocenters. The van der Waals surface area contributed by atoms with E-state index in [-0.39, 0.29) is 0 Å². The number of benzene rings is 1. The third-order valence-electron chi connectivity index (χ3n) is 4.00. The highest BCUT2D eigenvalue weighted by molar-refractivity contribution is 7.16. The average molecular weight is 376 g/mol. The van der Waals surface area contributed by atoms with Gasteiger partial charge in [0.25, 0.3) is 0 Å². The molecule has 1 aromatic carbocycles. The molecule has 138 valence electrons. The van der Waals surface area contributed by atoms with Gasteiger partial charge in [-0.25, -0.2) is 4.98 Å². The van der Waals surface area contributed by atoms with E-state index in [0.717, 1.165) is 30.1 Å². The van der Waals surface area contributed by atoms with Gasteiger partial charge in [0.15, 0.2) is 5.13 Å². The lowest BCUT2D eigenvalue weighted by atomic mass is 10.2. The van der Waals surface area contributed by atoms with Gasteiger partial charge in [-0.3, -0.25) is 14.9 Å². The molecule has 0 saturated carbocycles. The average Bonchev–Trinajstić information content (AvgIpc) is 3.02. The number of amides is 2. The first-order valence-electron chi connectivity index (χ1n) is 8.01. The summed E-state index contributed by atoms with van der Waals surface area (Å²) in [6.07, 6.45) is 0.839. The largest absolute Gasteiger partial charge is 0.497 e. The molecule has 2 N–H and O–H groups in total. The molecule has 3 rings (SSSR count). The number of methoxy groups -OCH3 is 2. The zero-order valence-corrected chi connectivity index (χ0v) is 15.6. The van der Waals surface area contributed by atoms with Gasteiger partial charge in [0.2, 0.25) is 0 Å². The molecule has 2 aromatic rings. The second kappa shape index (κ2) is 7.71. The van der Waals surface area contributed by atoms with Gasteiger partial charge in [0, 0.05) is 30.5 Å². The smallest absolute Gasteiger partial charge is 0.315 e. The molecule has 1 aliphatic rings. The van der Waals surface area contributed by atoms with Crippen LogP contribution in [0.1, 0.15) is 10.6 Å². The van der Waals surface area contributed by atoms with Crippen molar-refractivity contribution >= 4 is 34.0 Å². The number of rotatable bonds is 4. The first kappa shape index (κ1) is 18.2. The lowest BCUT2D eigenvalue weighted by molar-refractivity contribution is -0.133. The van der Waals surface area contributed by atoms with Crippen LogP contribution in [-0.4, -0.2) is 49.5 Å². The molecule has 2 amide bonds. The van der Waals surface area contributed by atoms with Crippen molar-refractivity contribution in [1.82, 2.24) is 9.88 Å². The molecule has 8 nitrogen and oxygen atoms in total. The van der Waals surface area contributed by atoms with Crippen molar-refractivity contribution in [2.45, 2.75) is 13.0 Å². The normalized spacial score (nSPS) is 13.7. The van der Waals surface area contributed by atoms with E-state index in [1.54, 1.807) is 18.2 Å². The van der Waals surface area contributed by atoms with Crippen LogP contribution < -0.4 is 20.1 Å². The highest BCUT2D eigenvalue weighted by atomic mass is 32.1. The van der Waals surface area contributed by atoms with Crippen molar-refractivity contribution in [1.29, 1.82) is 0 Å². The van der Waals surface area contributed by atoms with Crippen molar-refractivity contribution in [2.75, 3.05) is 38.4 Å². The quantitative estimate of drug-likeness (QED) is 0.790. The molecule has 0 aliphatic carbocycles. The number of carbonyl (C=O) groups excluding carboxylic acids is 2. The van der Waals surface area contributed by atoms with Crippen LogP contribution in [0.5, 0.6) is 11.5 Å². The van der Waals surface area contributed by atoms with Gasteiger partial charge in [-0.15, -0.1) is 11.3 Å². The second-order valence-electron chi connectivity index (χ2n) is 5.85. The zero-order chi connectivity index (χ0) is 18.7. The van der Waals surface area contributed by atoms with E-state index in [9.17, 15) is 9.59 Å². The van der Waals surface area contributed by atoms with Crippen molar-refractivity contribution in [3.05, 3.63) is 28.8 Å². The Bertz CT molecular complexity index is 836. The summed E-state index contributed by atoms with van der Waals surface area (Å²) in [6, 6.07) is 4.94. The first-order chi connectivity index (χ1) is 12.5. The number of nitrogens with one attached hydrogen (secondary N) is 2. The molecule has 26 heavy (non-hydrogen) atoms. The molecule has 0 fully saturated rings. The van der Waals surface area contributed by atoms with Crippen molar-refractivity contribution in [2.24, 2.45) is 0 Å². The summed E-state index contributed by atoms with van der Waals surface area (Å²) in [5.74, 6) is -0.617. The van der Waals surface area contributed by atoms with E-state index in [2.05, 4.69) is 20.5 Å². The number of hydrogen-bond donors (Lipinski definition) is 2. The topological polar surface area (TPSA) is 92.8 Å².